The molecule has 1 aliphatic heterocycles. The number of nitrogens with zero attached hydrogens (tertiary/aromatic N) is 5. The molecule has 2 N–H and O–H groups in total. The molecule has 1 aliphatic rings. The first kappa shape index (κ1) is 23.7. The van der Waals surface area contributed by atoms with E-state index >= 15 is 0 Å². The zero-order chi connectivity index (χ0) is 18.9. The molecule has 0 aromatic carbocycles. The number of hydrogen-bond donors (Lipinski definition) is 2. The van der Waals surface area contributed by atoms with Crippen molar-refractivity contribution in [3.05, 3.63) is 10.7 Å². The minimum atomic E-state index is -0.0259. The van der Waals surface area contributed by atoms with Gasteiger partial charge in [-0.3, -0.25) is 9.79 Å². The van der Waals surface area contributed by atoms with Crippen molar-refractivity contribution in [1.82, 2.24) is 25.5 Å². The summed E-state index contributed by atoms with van der Waals surface area (Å²) in [5.41, 5.74) is 0. The summed E-state index contributed by atoms with van der Waals surface area (Å²) < 4.78 is 5.96. The van der Waals surface area contributed by atoms with Crippen LogP contribution >= 0.6 is 39.9 Å². The van der Waals surface area contributed by atoms with Gasteiger partial charge in [0.1, 0.15) is 0 Å². The third kappa shape index (κ3) is 6.94. The summed E-state index contributed by atoms with van der Waals surface area (Å²) in [6.45, 7) is 5.97. The van der Waals surface area contributed by atoms with Gasteiger partial charge in [-0.1, -0.05) is 6.92 Å². The number of carbonyl (C=O) groups excluding carboxylic acids is 1. The monoisotopic (exact) mass is 555 g/mol. The van der Waals surface area contributed by atoms with Gasteiger partial charge in [0.2, 0.25) is 17.7 Å². The van der Waals surface area contributed by atoms with Gasteiger partial charge in [-0.15, -0.1) is 24.0 Å². The van der Waals surface area contributed by atoms with Gasteiger partial charge >= 0.3 is 0 Å². The maximum atomic E-state index is 11.7. The van der Waals surface area contributed by atoms with Crippen molar-refractivity contribution in [2.45, 2.75) is 13.3 Å². The Labute approximate surface area is 185 Å². The van der Waals surface area contributed by atoms with Crippen molar-refractivity contribution in [3.8, 4) is 5.88 Å². The quantitative estimate of drug-likeness (QED) is 0.308. The van der Waals surface area contributed by atoms with Crippen LogP contribution in [-0.4, -0.2) is 80.2 Å². The molecule has 0 spiro atoms. The summed E-state index contributed by atoms with van der Waals surface area (Å²) in [6, 6.07) is 0. The maximum Gasteiger partial charge on any atom is 0.239 e. The van der Waals surface area contributed by atoms with Crippen LogP contribution in [0.25, 0.3) is 0 Å². The second kappa shape index (κ2) is 12.2. The highest BCUT2D eigenvalue weighted by Gasteiger charge is 2.22. The summed E-state index contributed by atoms with van der Waals surface area (Å²) in [5, 5.41) is 5.96. The topological polar surface area (TPSA) is 95.0 Å². The van der Waals surface area contributed by atoms with E-state index < -0.39 is 0 Å². The fourth-order valence-corrected chi connectivity index (χ4v) is 2.93. The van der Waals surface area contributed by atoms with E-state index in [1.807, 2.05) is 6.92 Å². The predicted molar refractivity (Wildman–Crippen MR) is 120 cm³/mol. The molecule has 1 aromatic heterocycles. The van der Waals surface area contributed by atoms with E-state index in [1.165, 1.54) is 0 Å². The Kier molecular flexibility index (Phi) is 10.7. The van der Waals surface area contributed by atoms with Crippen molar-refractivity contribution < 1.29 is 9.53 Å². The summed E-state index contributed by atoms with van der Waals surface area (Å²) in [6.07, 6.45) is 2.62. The van der Waals surface area contributed by atoms with Gasteiger partial charge < -0.3 is 25.2 Å². The van der Waals surface area contributed by atoms with E-state index in [2.05, 4.69) is 51.3 Å². The number of aromatic nitrogens is 2. The van der Waals surface area contributed by atoms with Crippen molar-refractivity contribution in [2.75, 3.05) is 58.3 Å². The summed E-state index contributed by atoms with van der Waals surface area (Å²) in [5.74, 6) is 1.87. The van der Waals surface area contributed by atoms with E-state index in [0.29, 0.717) is 18.4 Å². The molecule has 0 aliphatic carbocycles. The molecule has 1 amide bonds. The number of ether oxygens (including phenoxy) is 1. The van der Waals surface area contributed by atoms with E-state index in [-0.39, 0.29) is 36.4 Å². The second-order valence-electron chi connectivity index (χ2n) is 5.75. The Balaban J connectivity index is 0.00000364. The zero-order valence-corrected chi connectivity index (χ0v) is 19.8. The Bertz CT molecular complexity index is 639. The normalized spacial score (nSPS) is 14.4. The Morgan fingerprint density at radius 2 is 2.04 bits per heavy atom. The van der Waals surface area contributed by atoms with Crippen LogP contribution in [0, 0.1) is 0 Å². The van der Waals surface area contributed by atoms with E-state index in [1.54, 1.807) is 20.4 Å². The van der Waals surface area contributed by atoms with Crippen LogP contribution in [0.5, 0.6) is 5.88 Å². The van der Waals surface area contributed by atoms with Crippen LogP contribution < -0.4 is 20.3 Å². The lowest BCUT2D eigenvalue weighted by Gasteiger charge is -2.36. The molecular weight excluding hydrogens is 529 g/mol. The van der Waals surface area contributed by atoms with Crippen LogP contribution in [-0.2, 0) is 4.79 Å². The van der Waals surface area contributed by atoms with E-state index in [0.717, 1.165) is 43.0 Å². The van der Waals surface area contributed by atoms with Gasteiger partial charge in [-0.25, -0.2) is 4.98 Å². The molecule has 0 saturated carbocycles. The van der Waals surface area contributed by atoms with Gasteiger partial charge in [-0.05, 0) is 22.4 Å². The molecule has 0 bridgehead atoms. The second-order valence-corrected chi connectivity index (χ2v) is 6.61. The number of amides is 1. The average Bonchev–Trinajstić information content (AvgIpc) is 2.67. The molecule has 11 heteroatoms. The number of anilines is 1. The summed E-state index contributed by atoms with van der Waals surface area (Å²) in [7, 11) is 3.31. The molecule has 0 unspecified atom stereocenters. The molecule has 27 heavy (non-hydrogen) atoms. The smallest absolute Gasteiger partial charge is 0.239 e. The van der Waals surface area contributed by atoms with E-state index in [4.69, 9.17) is 4.74 Å². The standard InChI is InChI=1S/C16H26BrN7O2.HI/c1-4-5-19-13(25)11-21-15(18-2)23-6-8-24(9-7-23)16-20-10-12(17)14(22-16)26-3;/h10H,4-9,11H2,1-3H3,(H,18,21)(H,19,25);1H. The van der Waals surface area contributed by atoms with Crippen LogP contribution in [0.4, 0.5) is 5.95 Å². The van der Waals surface area contributed by atoms with Gasteiger partial charge in [0.15, 0.2) is 5.96 Å². The minimum absolute atomic E-state index is 0. The highest BCUT2D eigenvalue weighted by molar-refractivity contribution is 14.0. The number of methoxy groups -OCH3 is 1. The molecule has 2 heterocycles. The average molecular weight is 556 g/mol. The predicted octanol–water partition coefficient (Wildman–Crippen LogP) is 1.09. The van der Waals surface area contributed by atoms with E-state index in [9.17, 15) is 4.79 Å². The number of hydrogen-bond acceptors (Lipinski definition) is 6. The lowest BCUT2D eigenvalue weighted by atomic mass is 10.3. The molecule has 2 rings (SSSR count). The van der Waals surface area contributed by atoms with Gasteiger partial charge in [0.25, 0.3) is 0 Å². The molecular formula is C16H27BrIN7O2. The molecule has 0 atom stereocenters. The fraction of sp³-hybridized carbons (Fsp3) is 0.625. The van der Waals surface area contributed by atoms with Gasteiger partial charge in [0, 0.05) is 39.8 Å². The molecule has 152 valence electrons. The number of aliphatic imine (C=N–C) groups is 1. The third-order valence-electron chi connectivity index (χ3n) is 3.95. The summed E-state index contributed by atoms with van der Waals surface area (Å²) >= 11 is 3.36. The first-order valence-electron chi connectivity index (χ1n) is 8.62. The largest absolute Gasteiger partial charge is 0.480 e. The van der Waals surface area contributed by atoms with Gasteiger partial charge in [-0.2, -0.15) is 4.98 Å². The SMILES string of the molecule is CCCNC(=O)CNC(=NC)N1CCN(c2ncc(Br)c(OC)n2)CC1.I. The Morgan fingerprint density at radius 3 is 2.63 bits per heavy atom. The lowest BCUT2D eigenvalue weighted by Crippen LogP contribution is -2.54. The Hall–Kier alpha value is -1.37. The van der Waals surface area contributed by atoms with Crippen molar-refractivity contribution in [3.63, 3.8) is 0 Å². The molecule has 1 fully saturated rings. The maximum absolute atomic E-state index is 11.7. The number of carbonyl (C=O) groups is 1. The number of halogens is 2. The lowest BCUT2D eigenvalue weighted by molar-refractivity contribution is -0.120. The molecule has 1 saturated heterocycles. The number of nitrogens with one attached hydrogen (secondary N) is 2. The molecule has 1 aromatic rings. The third-order valence-corrected chi connectivity index (χ3v) is 4.49. The molecule has 9 nitrogen and oxygen atoms in total. The number of rotatable bonds is 6. The Morgan fingerprint density at radius 1 is 1.33 bits per heavy atom. The minimum Gasteiger partial charge on any atom is -0.480 e. The molecule has 0 radical (unpaired) electrons. The fourth-order valence-electron chi connectivity index (χ4n) is 2.58. The van der Waals surface area contributed by atoms with Crippen molar-refractivity contribution in [2.24, 2.45) is 4.99 Å². The van der Waals surface area contributed by atoms with Gasteiger partial charge in [0.05, 0.1) is 24.3 Å². The van der Waals surface area contributed by atoms with Crippen LogP contribution in [0.1, 0.15) is 13.3 Å². The first-order valence-corrected chi connectivity index (χ1v) is 9.42. The van der Waals surface area contributed by atoms with Crippen LogP contribution in [0.3, 0.4) is 0 Å². The highest BCUT2D eigenvalue weighted by atomic mass is 127. The number of piperazine rings is 1. The van der Waals surface area contributed by atoms with Crippen LogP contribution in [0.15, 0.2) is 15.7 Å². The number of guanidine groups is 1. The summed E-state index contributed by atoms with van der Waals surface area (Å²) in [4.78, 5) is 29.0. The zero-order valence-electron chi connectivity index (χ0n) is 15.9. The van der Waals surface area contributed by atoms with Crippen molar-refractivity contribution in [1.29, 1.82) is 0 Å². The van der Waals surface area contributed by atoms with Crippen LogP contribution in [0.2, 0.25) is 0 Å². The van der Waals surface area contributed by atoms with Crippen molar-refractivity contribution >= 4 is 57.7 Å². The first-order chi connectivity index (χ1) is 12.6. The highest BCUT2D eigenvalue weighted by Crippen LogP contribution is 2.23.